The van der Waals surface area contributed by atoms with Gasteiger partial charge in [-0.3, -0.25) is 0 Å². The molecule has 0 unspecified atom stereocenters. The second-order valence-electron chi connectivity index (χ2n) is 3.62. The lowest BCUT2D eigenvalue weighted by Crippen LogP contribution is -2.45. The lowest BCUT2D eigenvalue weighted by molar-refractivity contribution is -0.00523. The van der Waals surface area contributed by atoms with Gasteiger partial charge < -0.3 is 9.64 Å². The van der Waals surface area contributed by atoms with Crippen LogP contribution in [-0.2, 0) is 4.74 Å². The SMILES string of the molecule is C[C@@H]1CN(c2nc(I)cs2)C[C@H](C)O1. The molecule has 2 rings (SSSR count). The number of halogens is 1. The summed E-state index contributed by atoms with van der Waals surface area (Å²) in [4.78, 5) is 6.79. The van der Waals surface area contributed by atoms with E-state index in [0.29, 0.717) is 12.2 Å². The van der Waals surface area contributed by atoms with Gasteiger partial charge in [-0.2, -0.15) is 0 Å². The van der Waals surface area contributed by atoms with E-state index in [9.17, 15) is 0 Å². The maximum atomic E-state index is 5.68. The Labute approximate surface area is 102 Å². The molecule has 1 aliphatic rings. The van der Waals surface area contributed by atoms with E-state index in [1.54, 1.807) is 11.3 Å². The highest BCUT2D eigenvalue weighted by Crippen LogP contribution is 2.24. The minimum Gasteiger partial charge on any atom is -0.372 e. The van der Waals surface area contributed by atoms with Gasteiger partial charge in [0.1, 0.15) is 3.70 Å². The van der Waals surface area contributed by atoms with E-state index in [1.807, 2.05) is 0 Å². The number of hydrogen-bond acceptors (Lipinski definition) is 4. The zero-order valence-corrected chi connectivity index (χ0v) is 11.2. The molecule has 0 aromatic carbocycles. The van der Waals surface area contributed by atoms with Crippen LogP contribution in [0.1, 0.15) is 13.8 Å². The van der Waals surface area contributed by atoms with Crippen molar-refractivity contribution in [1.82, 2.24) is 4.98 Å². The van der Waals surface area contributed by atoms with Crippen molar-refractivity contribution in [3.63, 3.8) is 0 Å². The summed E-state index contributed by atoms with van der Waals surface area (Å²) >= 11 is 3.96. The zero-order chi connectivity index (χ0) is 10.1. The van der Waals surface area contributed by atoms with Crippen molar-refractivity contribution in [2.45, 2.75) is 26.1 Å². The van der Waals surface area contributed by atoms with Crippen LogP contribution in [0.25, 0.3) is 0 Å². The topological polar surface area (TPSA) is 25.4 Å². The summed E-state index contributed by atoms with van der Waals surface area (Å²) in [6.45, 7) is 6.13. The second kappa shape index (κ2) is 4.32. The summed E-state index contributed by atoms with van der Waals surface area (Å²) in [5.41, 5.74) is 0. The van der Waals surface area contributed by atoms with E-state index >= 15 is 0 Å². The van der Waals surface area contributed by atoms with Crippen molar-refractivity contribution in [1.29, 1.82) is 0 Å². The first kappa shape index (κ1) is 10.6. The van der Waals surface area contributed by atoms with E-state index in [4.69, 9.17) is 4.74 Å². The number of hydrogen-bond donors (Lipinski definition) is 0. The molecular weight excluding hydrogens is 311 g/mol. The Kier molecular flexibility index (Phi) is 3.28. The summed E-state index contributed by atoms with van der Waals surface area (Å²) in [6.07, 6.45) is 0.612. The third-order valence-corrected chi connectivity index (χ3v) is 4.03. The average molecular weight is 324 g/mol. The van der Waals surface area contributed by atoms with Gasteiger partial charge in [-0.15, -0.1) is 11.3 Å². The third-order valence-electron chi connectivity index (χ3n) is 2.15. The van der Waals surface area contributed by atoms with E-state index in [0.717, 1.165) is 21.9 Å². The number of rotatable bonds is 1. The largest absolute Gasteiger partial charge is 0.372 e. The van der Waals surface area contributed by atoms with Gasteiger partial charge in [0.25, 0.3) is 0 Å². The number of morpholine rings is 1. The van der Waals surface area contributed by atoms with E-state index < -0.39 is 0 Å². The van der Waals surface area contributed by atoms with Crippen molar-refractivity contribution in [3.8, 4) is 0 Å². The highest BCUT2D eigenvalue weighted by atomic mass is 127. The molecule has 1 fully saturated rings. The average Bonchev–Trinajstić information content (AvgIpc) is 2.50. The first-order chi connectivity index (χ1) is 6.65. The number of aromatic nitrogens is 1. The maximum Gasteiger partial charge on any atom is 0.186 e. The molecule has 14 heavy (non-hydrogen) atoms. The highest BCUT2D eigenvalue weighted by Gasteiger charge is 2.23. The fraction of sp³-hybridized carbons (Fsp3) is 0.667. The van der Waals surface area contributed by atoms with Gasteiger partial charge in [-0.25, -0.2) is 4.98 Å². The van der Waals surface area contributed by atoms with Crippen molar-refractivity contribution in [3.05, 3.63) is 9.08 Å². The third kappa shape index (κ3) is 2.38. The Morgan fingerprint density at radius 1 is 1.50 bits per heavy atom. The predicted octanol–water partition coefficient (Wildman–Crippen LogP) is 2.36. The Hall–Kier alpha value is 0.120. The quantitative estimate of drug-likeness (QED) is 0.742. The van der Waals surface area contributed by atoms with Crippen LogP contribution in [0.5, 0.6) is 0 Å². The van der Waals surface area contributed by atoms with Gasteiger partial charge in [0.05, 0.1) is 12.2 Å². The van der Waals surface area contributed by atoms with Crippen molar-refractivity contribution < 1.29 is 4.74 Å². The van der Waals surface area contributed by atoms with Crippen LogP contribution < -0.4 is 4.90 Å². The molecule has 1 aromatic heterocycles. The van der Waals surface area contributed by atoms with Crippen LogP contribution in [0, 0.1) is 3.70 Å². The molecule has 5 heteroatoms. The molecule has 0 spiro atoms. The number of anilines is 1. The molecule has 0 N–H and O–H groups in total. The first-order valence-electron chi connectivity index (χ1n) is 4.66. The number of ether oxygens (including phenoxy) is 1. The monoisotopic (exact) mass is 324 g/mol. The van der Waals surface area contributed by atoms with Gasteiger partial charge in [-0.05, 0) is 36.4 Å². The summed E-state index contributed by atoms with van der Waals surface area (Å²) in [7, 11) is 0. The molecular formula is C9H13IN2OS. The molecule has 2 heterocycles. The standard InChI is InChI=1S/C9H13IN2OS/c1-6-3-12(4-7(2)13-6)9-11-8(10)5-14-9/h5-7H,3-4H2,1-2H3/t6-,7+. The van der Waals surface area contributed by atoms with Crippen LogP contribution in [-0.4, -0.2) is 30.3 Å². The molecule has 0 saturated carbocycles. The van der Waals surface area contributed by atoms with Gasteiger partial charge in [0.2, 0.25) is 0 Å². The van der Waals surface area contributed by atoms with Crippen LogP contribution in [0.3, 0.4) is 0 Å². The summed E-state index contributed by atoms with van der Waals surface area (Å²) in [5.74, 6) is 0. The molecule has 1 aromatic rings. The van der Waals surface area contributed by atoms with Crippen LogP contribution in [0.4, 0.5) is 5.13 Å². The van der Waals surface area contributed by atoms with Gasteiger partial charge >= 0.3 is 0 Å². The Morgan fingerprint density at radius 2 is 2.14 bits per heavy atom. The molecule has 0 amide bonds. The minimum atomic E-state index is 0.306. The van der Waals surface area contributed by atoms with Crippen LogP contribution in [0.2, 0.25) is 0 Å². The summed E-state index contributed by atoms with van der Waals surface area (Å²) in [5, 5.41) is 3.21. The fourth-order valence-corrected chi connectivity index (χ4v) is 3.20. The normalized spacial score (nSPS) is 28.1. The van der Waals surface area contributed by atoms with E-state index in [-0.39, 0.29) is 0 Å². The summed E-state index contributed by atoms with van der Waals surface area (Å²) in [6, 6.07) is 0. The molecule has 0 bridgehead atoms. The zero-order valence-electron chi connectivity index (χ0n) is 8.24. The molecule has 1 aliphatic heterocycles. The highest BCUT2D eigenvalue weighted by molar-refractivity contribution is 14.1. The maximum absolute atomic E-state index is 5.68. The Morgan fingerprint density at radius 3 is 2.64 bits per heavy atom. The smallest absolute Gasteiger partial charge is 0.186 e. The molecule has 78 valence electrons. The predicted molar refractivity (Wildman–Crippen MR) is 67.1 cm³/mol. The molecule has 2 atom stereocenters. The second-order valence-corrected chi connectivity index (χ2v) is 5.56. The first-order valence-corrected chi connectivity index (χ1v) is 6.62. The van der Waals surface area contributed by atoms with E-state index in [2.05, 4.69) is 51.7 Å². The minimum absolute atomic E-state index is 0.306. The van der Waals surface area contributed by atoms with Gasteiger partial charge in [0, 0.05) is 18.5 Å². The fourth-order valence-electron chi connectivity index (χ4n) is 1.72. The van der Waals surface area contributed by atoms with Crippen molar-refractivity contribution in [2.24, 2.45) is 0 Å². The molecule has 0 radical (unpaired) electrons. The van der Waals surface area contributed by atoms with Crippen LogP contribution in [0.15, 0.2) is 5.38 Å². The van der Waals surface area contributed by atoms with Crippen molar-refractivity contribution >= 4 is 39.1 Å². The van der Waals surface area contributed by atoms with Gasteiger partial charge in [0.15, 0.2) is 5.13 Å². The van der Waals surface area contributed by atoms with Crippen LogP contribution >= 0.6 is 33.9 Å². The molecule has 0 aliphatic carbocycles. The van der Waals surface area contributed by atoms with Gasteiger partial charge in [-0.1, -0.05) is 0 Å². The van der Waals surface area contributed by atoms with Crippen molar-refractivity contribution in [2.75, 3.05) is 18.0 Å². The molecule has 1 saturated heterocycles. The Bertz CT molecular complexity index is 308. The lowest BCUT2D eigenvalue weighted by atomic mass is 10.2. The molecule has 3 nitrogen and oxygen atoms in total. The van der Waals surface area contributed by atoms with E-state index in [1.165, 1.54) is 0 Å². The number of nitrogens with zero attached hydrogens (tertiary/aromatic N) is 2. The Balaban J connectivity index is 2.10. The lowest BCUT2D eigenvalue weighted by Gasteiger charge is -2.35. The number of thiazole rings is 1. The summed E-state index contributed by atoms with van der Waals surface area (Å²) < 4.78 is 6.76.